The Morgan fingerprint density at radius 3 is 2.43 bits per heavy atom. The molecule has 0 fully saturated rings. The Morgan fingerprint density at radius 2 is 1.91 bits per heavy atom. The van der Waals surface area contributed by atoms with Crippen molar-refractivity contribution in [1.82, 2.24) is 4.98 Å². The summed E-state index contributed by atoms with van der Waals surface area (Å²) in [4.78, 5) is 14.6. The Kier molecular flexibility index (Phi) is 4.81. The van der Waals surface area contributed by atoms with E-state index in [4.69, 9.17) is 10.4 Å². The second kappa shape index (κ2) is 6.79. The lowest BCUT2D eigenvalue weighted by Crippen LogP contribution is -2.20. The van der Waals surface area contributed by atoms with Gasteiger partial charge >= 0.3 is 12.4 Å². The summed E-state index contributed by atoms with van der Waals surface area (Å²) < 4.78 is 42.2. The fraction of sp³-hybridized carbons (Fsp3) is 0.133. The second-order valence-corrected chi connectivity index (χ2v) is 4.37. The molecule has 0 aliphatic carbocycles. The fourth-order valence-electron chi connectivity index (χ4n) is 1.75. The van der Waals surface area contributed by atoms with Gasteiger partial charge < -0.3 is 9.84 Å². The summed E-state index contributed by atoms with van der Waals surface area (Å²) in [6.45, 7) is 0. The molecule has 1 aromatic carbocycles. The van der Waals surface area contributed by atoms with Crippen molar-refractivity contribution in [2.24, 2.45) is 0 Å². The highest BCUT2D eigenvalue weighted by Gasteiger charge is 2.24. The third-order valence-corrected chi connectivity index (χ3v) is 2.85. The van der Waals surface area contributed by atoms with Crippen LogP contribution in [-0.4, -0.2) is 28.8 Å². The Hall–Kier alpha value is -3.08. The van der Waals surface area contributed by atoms with Crippen molar-refractivity contribution >= 4 is 5.97 Å². The van der Waals surface area contributed by atoms with E-state index in [-0.39, 0.29) is 11.1 Å². The van der Waals surface area contributed by atoms with Gasteiger partial charge in [0.15, 0.2) is 0 Å². The summed E-state index contributed by atoms with van der Waals surface area (Å²) in [5, 5.41) is 17.7. The number of hydrogen-bond acceptors (Lipinski definition) is 4. The van der Waals surface area contributed by atoms with Crippen LogP contribution in [0, 0.1) is 11.3 Å². The van der Waals surface area contributed by atoms with Crippen LogP contribution in [0.25, 0.3) is 11.1 Å². The van der Waals surface area contributed by atoms with E-state index in [9.17, 15) is 18.0 Å². The van der Waals surface area contributed by atoms with Crippen molar-refractivity contribution in [3.8, 4) is 23.1 Å². The highest BCUT2D eigenvalue weighted by molar-refractivity contribution is 5.89. The number of aromatic nitrogens is 1. The quantitative estimate of drug-likeness (QED) is 0.913. The van der Waals surface area contributed by atoms with Gasteiger partial charge in [0.25, 0.3) is 6.36 Å². The zero-order chi connectivity index (χ0) is 17.0. The number of carboxylic acid groups (broad SMARTS) is 1. The highest BCUT2D eigenvalue weighted by atomic mass is 19.3. The molecular formula is C15H9F3N2O3. The Labute approximate surface area is 128 Å². The van der Waals surface area contributed by atoms with Crippen LogP contribution in [0.15, 0.2) is 36.5 Å². The van der Waals surface area contributed by atoms with Gasteiger partial charge in [-0.05, 0) is 23.8 Å². The molecule has 0 bridgehead atoms. The number of nitrogens with zero attached hydrogens (tertiary/aromatic N) is 2. The minimum atomic E-state index is -3.37. The van der Waals surface area contributed by atoms with E-state index in [1.165, 1.54) is 24.3 Å². The molecule has 0 amide bonds. The maximum atomic E-state index is 13.1. The van der Waals surface area contributed by atoms with Crippen LogP contribution in [0.2, 0.25) is 0 Å². The number of carbonyl (C=O) groups is 1. The number of hydrogen-bond donors (Lipinski definition) is 1. The minimum absolute atomic E-state index is 0.0256. The average molecular weight is 322 g/mol. The normalized spacial score (nSPS) is 11.8. The van der Waals surface area contributed by atoms with Crippen LogP contribution in [-0.2, 0) is 0 Å². The van der Waals surface area contributed by atoms with Crippen molar-refractivity contribution in [1.29, 1.82) is 5.26 Å². The first-order chi connectivity index (χ1) is 10.9. The van der Waals surface area contributed by atoms with E-state index >= 15 is 0 Å². The molecule has 0 spiro atoms. The molecule has 1 N–H and O–H groups in total. The summed E-state index contributed by atoms with van der Waals surface area (Å²) in [5.41, 5.74) is 0.493. The summed E-state index contributed by atoms with van der Waals surface area (Å²) in [6, 6.07) is 8.80. The molecule has 0 saturated heterocycles. The number of ether oxygens (including phenoxy) is 1. The third kappa shape index (κ3) is 3.77. The first-order valence-electron chi connectivity index (χ1n) is 6.25. The van der Waals surface area contributed by atoms with E-state index in [0.29, 0.717) is 11.1 Å². The number of aromatic carboxylic acids is 1. The largest absolute Gasteiger partial charge is 0.478 e. The van der Waals surface area contributed by atoms with E-state index in [2.05, 4.69) is 9.72 Å². The van der Waals surface area contributed by atoms with Crippen LogP contribution < -0.4 is 4.74 Å². The second-order valence-electron chi connectivity index (χ2n) is 4.37. The lowest BCUT2D eigenvalue weighted by molar-refractivity contribution is -0.0687. The first kappa shape index (κ1) is 16.3. The Bertz CT molecular complexity index is 758. The molecule has 0 radical (unpaired) electrons. The van der Waals surface area contributed by atoms with E-state index < -0.39 is 24.6 Å². The number of halogens is 3. The van der Waals surface area contributed by atoms with Gasteiger partial charge in [-0.3, -0.25) is 0 Å². The molecular weight excluding hydrogens is 313 g/mol. The monoisotopic (exact) mass is 322 g/mol. The van der Waals surface area contributed by atoms with Gasteiger partial charge in [-0.15, -0.1) is 0 Å². The van der Waals surface area contributed by atoms with Crippen molar-refractivity contribution in [2.45, 2.75) is 12.8 Å². The molecule has 2 aromatic rings. The summed E-state index contributed by atoms with van der Waals surface area (Å²) >= 11 is 0. The lowest BCUT2D eigenvalue weighted by atomic mass is 10.0. The molecule has 1 aromatic heterocycles. The number of carboxylic acids is 1. The molecule has 1 atom stereocenters. The van der Waals surface area contributed by atoms with Crippen LogP contribution in [0.1, 0.15) is 15.9 Å². The van der Waals surface area contributed by atoms with E-state index in [1.54, 1.807) is 0 Å². The molecule has 1 heterocycles. The van der Waals surface area contributed by atoms with Gasteiger partial charge in [0.1, 0.15) is 0 Å². The van der Waals surface area contributed by atoms with Crippen molar-refractivity contribution in [3.05, 3.63) is 47.7 Å². The number of pyridine rings is 1. The maximum Gasteiger partial charge on any atom is 0.337 e. The first-order valence-corrected chi connectivity index (χ1v) is 6.25. The van der Waals surface area contributed by atoms with E-state index in [1.807, 2.05) is 6.07 Å². The van der Waals surface area contributed by atoms with Gasteiger partial charge in [-0.1, -0.05) is 12.1 Å². The summed E-state index contributed by atoms with van der Waals surface area (Å²) in [7, 11) is 0. The molecule has 1 unspecified atom stereocenters. The van der Waals surface area contributed by atoms with Crippen LogP contribution in [0.4, 0.5) is 13.2 Å². The molecule has 23 heavy (non-hydrogen) atoms. The van der Waals surface area contributed by atoms with Crippen molar-refractivity contribution in [2.75, 3.05) is 0 Å². The van der Waals surface area contributed by atoms with Crippen LogP contribution in [0.3, 0.4) is 0 Å². The lowest BCUT2D eigenvalue weighted by Gasteiger charge is -2.14. The van der Waals surface area contributed by atoms with Gasteiger partial charge in [0, 0.05) is 11.8 Å². The molecule has 0 aliphatic heterocycles. The molecule has 118 valence electrons. The van der Waals surface area contributed by atoms with Gasteiger partial charge in [-0.2, -0.15) is 9.65 Å². The van der Waals surface area contributed by atoms with Crippen molar-refractivity contribution in [3.63, 3.8) is 0 Å². The van der Waals surface area contributed by atoms with Gasteiger partial charge in [-0.25, -0.2) is 18.6 Å². The minimum Gasteiger partial charge on any atom is -0.478 e. The van der Waals surface area contributed by atoms with Gasteiger partial charge in [0.2, 0.25) is 5.88 Å². The predicted molar refractivity (Wildman–Crippen MR) is 72.9 cm³/mol. The maximum absolute atomic E-state index is 13.1. The number of alkyl halides is 3. The topological polar surface area (TPSA) is 83.2 Å². The predicted octanol–water partition coefficient (Wildman–Crippen LogP) is 3.26. The Balaban J connectivity index is 2.49. The SMILES string of the molecule is N#Cc1ccc(-c2cc(C(=O)O)cnc2OC(F)C(F)F)cc1. The Morgan fingerprint density at radius 1 is 1.26 bits per heavy atom. The van der Waals surface area contributed by atoms with Crippen molar-refractivity contribution < 1.29 is 27.8 Å². The summed E-state index contributed by atoms with van der Waals surface area (Å²) in [6.07, 6.45) is -5.39. The van der Waals surface area contributed by atoms with Gasteiger partial charge in [0.05, 0.1) is 17.2 Å². The molecule has 2 rings (SSSR count). The number of rotatable bonds is 5. The third-order valence-electron chi connectivity index (χ3n) is 2.85. The number of benzene rings is 1. The highest BCUT2D eigenvalue weighted by Crippen LogP contribution is 2.30. The number of nitriles is 1. The smallest absolute Gasteiger partial charge is 0.337 e. The molecule has 5 nitrogen and oxygen atoms in total. The standard InChI is InChI=1S/C15H9F3N2O3/c16-12(17)13(18)23-14-11(5-10(7-20-14)15(21)22)9-3-1-8(6-19)2-4-9/h1-5,7,12-13H,(H,21,22). The van der Waals surface area contributed by atoms with Crippen LogP contribution in [0.5, 0.6) is 5.88 Å². The average Bonchev–Trinajstić information content (AvgIpc) is 2.55. The summed E-state index contributed by atoms with van der Waals surface area (Å²) in [5.74, 6) is -1.75. The zero-order valence-corrected chi connectivity index (χ0v) is 11.4. The fourth-order valence-corrected chi connectivity index (χ4v) is 1.75. The molecule has 0 saturated carbocycles. The zero-order valence-electron chi connectivity index (χ0n) is 11.4. The van der Waals surface area contributed by atoms with Crippen LogP contribution >= 0.6 is 0 Å². The van der Waals surface area contributed by atoms with E-state index in [0.717, 1.165) is 12.3 Å². The molecule has 8 heteroatoms. The molecule has 0 aliphatic rings.